The first-order valence-corrected chi connectivity index (χ1v) is 5.09. The molecule has 4 nitrogen and oxygen atoms in total. The van der Waals surface area contributed by atoms with E-state index in [1.807, 2.05) is 6.92 Å². The van der Waals surface area contributed by atoms with Gasteiger partial charge in [0, 0.05) is 19.7 Å². The van der Waals surface area contributed by atoms with Gasteiger partial charge in [-0.2, -0.15) is 0 Å². The summed E-state index contributed by atoms with van der Waals surface area (Å²) in [5, 5.41) is 16.8. The fraction of sp³-hybridized carbons (Fsp3) is 0.333. The number of hydrogen-bond donors (Lipinski definition) is 2. The normalized spacial score (nSPS) is 9.94. The molecule has 0 aliphatic heterocycles. The minimum absolute atomic E-state index is 0.317. The summed E-state index contributed by atoms with van der Waals surface area (Å²) in [4.78, 5) is 12.6. The van der Waals surface area contributed by atoms with Gasteiger partial charge < -0.3 is 10.0 Å². The topological polar surface area (TPSA) is 64.4 Å². The summed E-state index contributed by atoms with van der Waals surface area (Å²) in [6, 6.07) is 5.01. The quantitative estimate of drug-likeness (QED) is 0.603. The lowest BCUT2D eigenvalue weighted by molar-refractivity contribution is 0.0695. The van der Waals surface area contributed by atoms with E-state index in [0.29, 0.717) is 17.8 Å². The molecular weight excluding hydrogens is 204 g/mol. The molecule has 0 aromatic heterocycles. The Bertz CT molecular complexity index is 425. The number of aromatic carboxylic acids is 1. The van der Waals surface area contributed by atoms with Gasteiger partial charge in [0.2, 0.25) is 0 Å². The fourth-order valence-corrected chi connectivity index (χ4v) is 1.50. The van der Waals surface area contributed by atoms with Crippen molar-refractivity contribution in [2.24, 2.45) is 0 Å². The second kappa shape index (κ2) is 4.79. The lowest BCUT2D eigenvalue weighted by Crippen LogP contribution is -2.22. The summed E-state index contributed by atoms with van der Waals surface area (Å²) < 4.78 is 0. The number of carbonyl (C=O) groups is 1. The van der Waals surface area contributed by atoms with E-state index in [1.54, 1.807) is 37.2 Å². The Morgan fingerprint density at radius 3 is 2.50 bits per heavy atom. The van der Waals surface area contributed by atoms with E-state index in [0.717, 1.165) is 11.1 Å². The van der Waals surface area contributed by atoms with Gasteiger partial charge in [-0.25, -0.2) is 4.79 Å². The molecule has 0 bridgehead atoms. The van der Waals surface area contributed by atoms with Crippen LogP contribution in [0.1, 0.15) is 28.4 Å². The number of benzene rings is 1. The van der Waals surface area contributed by atoms with E-state index in [2.05, 4.69) is 0 Å². The van der Waals surface area contributed by atoms with E-state index in [-0.39, 0.29) is 0 Å². The fourth-order valence-electron chi connectivity index (χ4n) is 1.50. The number of rotatable bonds is 3. The molecule has 0 heterocycles. The summed E-state index contributed by atoms with van der Waals surface area (Å²) >= 11 is 0. The van der Waals surface area contributed by atoms with E-state index in [4.69, 9.17) is 10.5 Å². The summed E-state index contributed by atoms with van der Waals surface area (Å²) in [7, 11) is 3.58. The van der Waals surface area contributed by atoms with Gasteiger partial charge in [-0.1, -0.05) is 13.0 Å². The molecule has 0 radical (unpaired) electrons. The van der Waals surface area contributed by atoms with Gasteiger partial charge in [-0.15, -0.1) is 0 Å². The minimum Gasteiger partial charge on any atom is -0.478 e. The molecule has 0 saturated carbocycles. The Hall–Kier alpha value is -1.84. The molecule has 2 N–H and O–H groups in total. The molecule has 0 spiro atoms. The predicted molar refractivity (Wildman–Crippen MR) is 63.3 cm³/mol. The van der Waals surface area contributed by atoms with Crippen LogP contribution in [0.5, 0.6) is 0 Å². The van der Waals surface area contributed by atoms with Crippen molar-refractivity contribution in [3.63, 3.8) is 0 Å². The second-order valence-electron chi connectivity index (χ2n) is 3.77. The van der Waals surface area contributed by atoms with Crippen LogP contribution in [0.2, 0.25) is 0 Å². The molecule has 0 aliphatic rings. The third-order valence-electron chi connectivity index (χ3n) is 2.44. The number of carboxylic acid groups (broad SMARTS) is 1. The minimum atomic E-state index is -0.917. The number of nitrogens with one attached hydrogen (secondary N) is 1. The molecule has 4 heteroatoms. The van der Waals surface area contributed by atoms with Gasteiger partial charge in [0.1, 0.15) is 5.84 Å². The molecule has 1 aromatic rings. The first kappa shape index (κ1) is 12.2. The van der Waals surface area contributed by atoms with Gasteiger partial charge in [-0.05, 0) is 24.1 Å². The maximum Gasteiger partial charge on any atom is 0.335 e. The van der Waals surface area contributed by atoms with Gasteiger partial charge in [0.25, 0.3) is 0 Å². The van der Waals surface area contributed by atoms with Crippen LogP contribution in [-0.4, -0.2) is 35.9 Å². The molecule has 1 aromatic carbocycles. The van der Waals surface area contributed by atoms with E-state index in [1.165, 1.54) is 0 Å². The number of aryl methyl sites for hydroxylation is 1. The lowest BCUT2D eigenvalue weighted by atomic mass is 10.0. The van der Waals surface area contributed by atoms with Gasteiger partial charge in [0.05, 0.1) is 5.56 Å². The van der Waals surface area contributed by atoms with Crippen molar-refractivity contribution in [3.8, 4) is 0 Å². The molecule has 16 heavy (non-hydrogen) atoms. The van der Waals surface area contributed by atoms with Crippen molar-refractivity contribution >= 4 is 11.8 Å². The maximum atomic E-state index is 10.9. The summed E-state index contributed by atoms with van der Waals surface area (Å²) in [6.07, 6.45) is 0.649. The highest BCUT2D eigenvalue weighted by molar-refractivity contribution is 5.98. The highest BCUT2D eigenvalue weighted by Crippen LogP contribution is 2.14. The smallest absolute Gasteiger partial charge is 0.335 e. The zero-order valence-corrected chi connectivity index (χ0v) is 9.74. The summed E-state index contributed by atoms with van der Waals surface area (Å²) in [5.74, 6) is -0.536. The van der Waals surface area contributed by atoms with Crippen LogP contribution in [0.15, 0.2) is 18.2 Å². The van der Waals surface area contributed by atoms with E-state index < -0.39 is 5.97 Å². The van der Waals surface area contributed by atoms with E-state index in [9.17, 15) is 4.79 Å². The third-order valence-corrected chi connectivity index (χ3v) is 2.44. The van der Waals surface area contributed by atoms with Crippen molar-refractivity contribution in [3.05, 3.63) is 34.9 Å². The summed E-state index contributed by atoms with van der Waals surface area (Å²) in [6.45, 7) is 1.91. The standard InChI is InChI=1S/C12H16N2O2/c1-4-8-7-9(11(13)14(2)3)5-6-10(8)12(15)16/h5-7,13H,4H2,1-3H3,(H,15,16). The lowest BCUT2D eigenvalue weighted by Gasteiger charge is -2.15. The number of carboxylic acids is 1. The van der Waals surface area contributed by atoms with Crippen molar-refractivity contribution in [1.82, 2.24) is 4.90 Å². The van der Waals surface area contributed by atoms with Crippen molar-refractivity contribution in [2.45, 2.75) is 13.3 Å². The molecule has 0 unspecified atom stereocenters. The van der Waals surface area contributed by atoms with Crippen molar-refractivity contribution in [1.29, 1.82) is 5.41 Å². The van der Waals surface area contributed by atoms with Crippen LogP contribution in [0.4, 0.5) is 0 Å². The molecule has 0 amide bonds. The Balaban J connectivity index is 3.19. The molecule has 0 fully saturated rings. The van der Waals surface area contributed by atoms with Gasteiger partial charge in [-0.3, -0.25) is 5.41 Å². The van der Waals surface area contributed by atoms with Crippen molar-refractivity contribution in [2.75, 3.05) is 14.1 Å². The zero-order chi connectivity index (χ0) is 12.3. The average molecular weight is 220 g/mol. The van der Waals surface area contributed by atoms with Crippen LogP contribution in [0.25, 0.3) is 0 Å². The highest BCUT2D eigenvalue weighted by atomic mass is 16.4. The van der Waals surface area contributed by atoms with Crippen molar-refractivity contribution < 1.29 is 9.90 Å². The molecular formula is C12H16N2O2. The third kappa shape index (κ3) is 2.39. The average Bonchev–Trinajstić information content (AvgIpc) is 2.26. The Morgan fingerprint density at radius 1 is 1.44 bits per heavy atom. The Morgan fingerprint density at radius 2 is 2.06 bits per heavy atom. The van der Waals surface area contributed by atoms with Crippen LogP contribution in [0, 0.1) is 5.41 Å². The molecule has 0 atom stereocenters. The van der Waals surface area contributed by atoms with E-state index >= 15 is 0 Å². The predicted octanol–water partition coefficient (Wildman–Crippen LogP) is 1.83. The summed E-state index contributed by atoms with van der Waals surface area (Å²) in [5.41, 5.74) is 1.82. The number of hydrogen-bond acceptors (Lipinski definition) is 2. The molecule has 0 saturated heterocycles. The molecule has 0 aliphatic carbocycles. The van der Waals surface area contributed by atoms with Crippen LogP contribution >= 0.6 is 0 Å². The molecule has 86 valence electrons. The second-order valence-corrected chi connectivity index (χ2v) is 3.77. The Labute approximate surface area is 95.0 Å². The first-order valence-electron chi connectivity index (χ1n) is 5.09. The SMILES string of the molecule is CCc1cc(C(=N)N(C)C)ccc1C(=O)O. The van der Waals surface area contributed by atoms with Crippen LogP contribution < -0.4 is 0 Å². The molecule has 1 rings (SSSR count). The first-order chi connectivity index (χ1) is 7.47. The van der Waals surface area contributed by atoms with Crippen LogP contribution in [0.3, 0.4) is 0 Å². The maximum absolute atomic E-state index is 10.9. The van der Waals surface area contributed by atoms with Crippen LogP contribution in [-0.2, 0) is 6.42 Å². The van der Waals surface area contributed by atoms with Gasteiger partial charge >= 0.3 is 5.97 Å². The largest absolute Gasteiger partial charge is 0.478 e. The number of nitrogens with zero attached hydrogens (tertiary/aromatic N) is 1. The monoisotopic (exact) mass is 220 g/mol. The highest BCUT2D eigenvalue weighted by Gasteiger charge is 2.11. The Kier molecular flexibility index (Phi) is 3.66. The number of amidine groups is 1. The zero-order valence-electron chi connectivity index (χ0n) is 9.74. The van der Waals surface area contributed by atoms with Gasteiger partial charge in [0.15, 0.2) is 0 Å².